The molecule has 4 aromatic rings. The number of aliphatic hydroxyl groups is 1. The number of carbonyl (C=O) groups is 2. The predicted molar refractivity (Wildman–Crippen MR) is 184 cm³/mol. The zero-order chi connectivity index (χ0) is 33.7. The lowest BCUT2D eigenvalue weighted by Gasteiger charge is -2.36. The number of hydrogen-bond acceptors (Lipinski definition) is 8. The summed E-state index contributed by atoms with van der Waals surface area (Å²) < 4.78 is 18.8. The quantitative estimate of drug-likeness (QED) is 0.0467. The first-order chi connectivity index (χ1) is 23.4. The smallest absolute Gasteiger partial charge is 0.243 e. The van der Waals surface area contributed by atoms with E-state index in [1.165, 1.54) is 0 Å². The predicted octanol–water partition coefficient (Wildman–Crippen LogP) is 6.87. The fourth-order valence-corrected chi connectivity index (χ4v) is 6.63. The van der Waals surface area contributed by atoms with Gasteiger partial charge in [-0.2, -0.15) is 0 Å². The Morgan fingerprint density at radius 3 is 2.31 bits per heavy atom. The molecule has 0 spiro atoms. The number of rotatable bonds is 15. The van der Waals surface area contributed by atoms with E-state index in [1.54, 1.807) is 24.4 Å². The van der Waals surface area contributed by atoms with E-state index >= 15 is 0 Å². The Balaban J connectivity index is 1.28. The van der Waals surface area contributed by atoms with Crippen molar-refractivity contribution >= 4 is 23.6 Å². The number of ether oxygens (including phenoxy) is 3. The van der Waals surface area contributed by atoms with Gasteiger partial charge in [0.1, 0.15) is 5.75 Å². The molecule has 0 bridgehead atoms. The molecule has 3 atom stereocenters. The van der Waals surface area contributed by atoms with Gasteiger partial charge in [-0.15, -0.1) is 11.8 Å². The first kappa shape index (κ1) is 35.1. The number of hydroxylamine groups is 1. The van der Waals surface area contributed by atoms with E-state index in [0.29, 0.717) is 32.2 Å². The van der Waals surface area contributed by atoms with E-state index < -0.39 is 12.2 Å². The Labute approximate surface area is 285 Å². The van der Waals surface area contributed by atoms with E-state index in [-0.39, 0.29) is 31.1 Å². The minimum atomic E-state index is -0.588. The molecule has 1 heterocycles. The lowest BCUT2D eigenvalue weighted by Crippen LogP contribution is -2.31. The molecule has 0 radical (unpaired) electrons. The van der Waals surface area contributed by atoms with Crippen LogP contribution in [0.3, 0.4) is 0 Å². The standard InChI is InChI=1S/C38H42N2O7S/c1-45-33-12-2-3-13-35(33)48-25-32-22-34(28-18-16-26(24-41)17-19-28)47-38(46-32)31-11-7-10-30(21-31)29-9-6-8-27(20-29)23-39-36(42)14-4-5-15-37(43)40-44/h2-3,6-13,16-21,32,34,38,41,44H,4-5,14-15,22-25H2,1H3,(H,39,42)(H,40,43)/t32-,34+,38+/m1/s1. The molecule has 0 aromatic heterocycles. The largest absolute Gasteiger partial charge is 0.496 e. The van der Waals surface area contributed by atoms with Crippen molar-refractivity contribution in [1.82, 2.24) is 10.8 Å². The summed E-state index contributed by atoms with van der Waals surface area (Å²) in [7, 11) is 1.68. The second-order valence-electron chi connectivity index (χ2n) is 11.7. The van der Waals surface area contributed by atoms with Crippen molar-refractivity contribution in [3.05, 3.63) is 119 Å². The number of unbranched alkanes of at least 4 members (excludes halogenated alkanes) is 1. The summed E-state index contributed by atoms with van der Waals surface area (Å²) in [6.45, 7) is 0.379. The van der Waals surface area contributed by atoms with Gasteiger partial charge in [-0.05, 0) is 64.9 Å². The molecule has 252 valence electrons. The van der Waals surface area contributed by atoms with Crippen LogP contribution in [0.1, 0.15) is 66.8 Å². The number of para-hydroxylation sites is 1. The first-order valence-corrected chi connectivity index (χ1v) is 17.1. The molecule has 9 nitrogen and oxygen atoms in total. The summed E-state index contributed by atoms with van der Waals surface area (Å²) in [4.78, 5) is 24.5. The van der Waals surface area contributed by atoms with E-state index in [4.69, 9.17) is 19.4 Å². The third kappa shape index (κ3) is 9.91. The molecule has 2 amide bonds. The van der Waals surface area contributed by atoms with Crippen LogP contribution in [0.4, 0.5) is 0 Å². The number of nitrogens with one attached hydrogen (secondary N) is 2. The fraction of sp³-hybridized carbons (Fsp3) is 0.316. The highest BCUT2D eigenvalue weighted by atomic mass is 32.2. The van der Waals surface area contributed by atoms with Crippen LogP contribution >= 0.6 is 11.8 Å². The number of thioether (sulfide) groups is 1. The van der Waals surface area contributed by atoms with Crippen molar-refractivity contribution in [2.24, 2.45) is 0 Å². The summed E-state index contributed by atoms with van der Waals surface area (Å²) >= 11 is 1.70. The van der Waals surface area contributed by atoms with Gasteiger partial charge in [-0.25, -0.2) is 5.48 Å². The minimum absolute atomic E-state index is 0.0104. The van der Waals surface area contributed by atoms with Gasteiger partial charge in [0, 0.05) is 42.0 Å². The summed E-state index contributed by atoms with van der Waals surface area (Å²) in [5, 5.41) is 21.1. The number of amides is 2. The number of methoxy groups -OCH3 is 1. The average Bonchev–Trinajstić information content (AvgIpc) is 3.15. The molecule has 0 saturated carbocycles. The average molecular weight is 671 g/mol. The molecule has 4 N–H and O–H groups in total. The zero-order valence-electron chi connectivity index (χ0n) is 27.0. The topological polar surface area (TPSA) is 126 Å². The van der Waals surface area contributed by atoms with Gasteiger partial charge < -0.3 is 24.6 Å². The van der Waals surface area contributed by atoms with Gasteiger partial charge in [0.2, 0.25) is 11.8 Å². The number of aliphatic hydroxyl groups excluding tert-OH is 1. The summed E-state index contributed by atoms with van der Waals surface area (Å²) in [5.41, 5.74) is 7.38. The highest BCUT2D eigenvalue weighted by molar-refractivity contribution is 7.99. The maximum absolute atomic E-state index is 12.3. The van der Waals surface area contributed by atoms with E-state index in [1.807, 2.05) is 78.9 Å². The highest BCUT2D eigenvalue weighted by Crippen LogP contribution is 2.41. The molecule has 1 fully saturated rings. The second kappa shape index (κ2) is 17.8. The van der Waals surface area contributed by atoms with Crippen LogP contribution < -0.4 is 15.5 Å². The normalized spacial score (nSPS) is 17.4. The molecule has 0 unspecified atom stereocenters. The van der Waals surface area contributed by atoms with Gasteiger partial charge in [-0.1, -0.05) is 72.8 Å². The van der Waals surface area contributed by atoms with Gasteiger partial charge >= 0.3 is 0 Å². The lowest BCUT2D eigenvalue weighted by atomic mass is 9.99. The molecule has 48 heavy (non-hydrogen) atoms. The molecule has 1 saturated heterocycles. The Hall–Kier alpha value is -4.19. The van der Waals surface area contributed by atoms with E-state index in [2.05, 4.69) is 23.5 Å². The molecular weight excluding hydrogens is 628 g/mol. The van der Waals surface area contributed by atoms with Crippen LogP contribution in [-0.2, 0) is 32.2 Å². The number of hydrogen-bond donors (Lipinski definition) is 4. The molecule has 1 aliphatic heterocycles. The lowest BCUT2D eigenvalue weighted by molar-refractivity contribution is -0.245. The Morgan fingerprint density at radius 1 is 0.833 bits per heavy atom. The SMILES string of the molecule is COc1ccccc1SC[C@H]1C[C@@H](c2ccc(CO)cc2)O[C@@H](c2cccc(-c3cccc(CNC(=O)CCCCC(=O)NO)c3)c2)O1. The summed E-state index contributed by atoms with van der Waals surface area (Å²) in [5.74, 6) is 1.02. The van der Waals surface area contributed by atoms with Crippen LogP contribution in [0, 0.1) is 0 Å². The molecule has 10 heteroatoms. The van der Waals surface area contributed by atoms with Gasteiger partial charge in [-0.3, -0.25) is 14.8 Å². The minimum Gasteiger partial charge on any atom is -0.496 e. The maximum Gasteiger partial charge on any atom is 0.243 e. The Bertz CT molecular complexity index is 1650. The van der Waals surface area contributed by atoms with Crippen molar-refractivity contribution in [2.75, 3.05) is 12.9 Å². The number of benzene rings is 4. The van der Waals surface area contributed by atoms with Gasteiger partial charge in [0.15, 0.2) is 6.29 Å². The van der Waals surface area contributed by atoms with Crippen molar-refractivity contribution in [1.29, 1.82) is 0 Å². The number of carbonyl (C=O) groups excluding carboxylic acids is 2. The maximum atomic E-state index is 12.3. The summed E-state index contributed by atoms with van der Waals surface area (Å²) in [6, 6.07) is 32.1. The van der Waals surface area contributed by atoms with E-state index in [0.717, 1.165) is 49.8 Å². The van der Waals surface area contributed by atoms with E-state index in [9.17, 15) is 14.7 Å². The molecule has 0 aliphatic carbocycles. The third-order valence-electron chi connectivity index (χ3n) is 8.20. The second-order valence-corrected chi connectivity index (χ2v) is 12.7. The van der Waals surface area contributed by atoms with Crippen LogP contribution in [0.25, 0.3) is 11.1 Å². The van der Waals surface area contributed by atoms with Gasteiger partial charge in [0.05, 0.1) is 25.9 Å². The Morgan fingerprint density at radius 2 is 1.56 bits per heavy atom. The van der Waals surface area contributed by atoms with Crippen LogP contribution in [0.2, 0.25) is 0 Å². The van der Waals surface area contributed by atoms with Crippen LogP contribution in [-0.4, -0.2) is 41.1 Å². The van der Waals surface area contributed by atoms with Crippen molar-refractivity contribution < 1.29 is 34.1 Å². The van der Waals surface area contributed by atoms with Crippen LogP contribution in [0.5, 0.6) is 5.75 Å². The highest BCUT2D eigenvalue weighted by Gasteiger charge is 2.32. The fourth-order valence-electron chi connectivity index (χ4n) is 5.59. The van der Waals surface area contributed by atoms with Crippen molar-refractivity contribution in [3.8, 4) is 16.9 Å². The van der Waals surface area contributed by atoms with Crippen molar-refractivity contribution in [2.45, 2.75) is 68.6 Å². The molecule has 5 rings (SSSR count). The molecule has 4 aromatic carbocycles. The third-order valence-corrected chi connectivity index (χ3v) is 9.39. The van der Waals surface area contributed by atoms with Crippen LogP contribution in [0.15, 0.2) is 102 Å². The molecule has 1 aliphatic rings. The summed E-state index contributed by atoms with van der Waals surface area (Å²) in [6.07, 6.45) is 1.39. The van der Waals surface area contributed by atoms with Gasteiger partial charge in [0.25, 0.3) is 0 Å². The Kier molecular flexibility index (Phi) is 13.0. The molecular formula is C38H42N2O7S. The van der Waals surface area contributed by atoms with Crippen molar-refractivity contribution in [3.63, 3.8) is 0 Å². The zero-order valence-corrected chi connectivity index (χ0v) is 27.8. The first-order valence-electron chi connectivity index (χ1n) is 16.1. The monoisotopic (exact) mass is 670 g/mol.